The number of nitrogens with one attached hydrogen (secondary N) is 2. The number of aryl methyl sites for hydroxylation is 1. The second-order valence-corrected chi connectivity index (χ2v) is 5.51. The minimum absolute atomic E-state index is 0.330. The molecule has 8 nitrogen and oxygen atoms in total. The molecule has 0 unspecified atom stereocenters. The third-order valence-corrected chi connectivity index (χ3v) is 3.62. The number of imidazole rings is 1. The molecule has 0 saturated heterocycles. The Morgan fingerprint density at radius 3 is 2.88 bits per heavy atom. The predicted molar refractivity (Wildman–Crippen MR) is 95.4 cm³/mol. The SMILES string of the molecule is COCCn1cc(NC(=O)Nc2cccc(-c3nccn3C)c2)cn1. The fourth-order valence-electron chi connectivity index (χ4n) is 2.41. The molecule has 2 N–H and O–H groups in total. The van der Waals surface area contributed by atoms with Crippen LogP contribution in [-0.2, 0) is 18.3 Å². The number of methoxy groups -OCH3 is 1. The number of hydrogen-bond donors (Lipinski definition) is 2. The van der Waals surface area contributed by atoms with E-state index in [1.165, 1.54) is 0 Å². The number of ether oxygens (including phenoxy) is 1. The molecule has 0 aliphatic rings. The lowest BCUT2D eigenvalue weighted by Gasteiger charge is -2.08. The maximum atomic E-state index is 12.2. The van der Waals surface area contributed by atoms with Crippen molar-refractivity contribution in [2.45, 2.75) is 6.54 Å². The molecule has 25 heavy (non-hydrogen) atoms. The van der Waals surface area contributed by atoms with E-state index >= 15 is 0 Å². The predicted octanol–water partition coefficient (Wildman–Crippen LogP) is 2.57. The van der Waals surface area contributed by atoms with E-state index in [0.717, 1.165) is 11.4 Å². The van der Waals surface area contributed by atoms with E-state index in [-0.39, 0.29) is 6.03 Å². The standard InChI is InChI=1S/C17H20N6O2/c1-22-7-6-18-16(22)13-4-3-5-14(10-13)20-17(24)21-15-11-19-23(12-15)8-9-25-2/h3-7,10-12H,8-9H2,1-2H3,(H2,20,21,24). The van der Waals surface area contributed by atoms with Gasteiger partial charge in [-0.3, -0.25) is 4.68 Å². The van der Waals surface area contributed by atoms with E-state index in [1.54, 1.807) is 30.4 Å². The number of rotatable bonds is 6. The van der Waals surface area contributed by atoms with Crippen molar-refractivity contribution >= 4 is 17.4 Å². The molecule has 0 saturated carbocycles. The van der Waals surface area contributed by atoms with Gasteiger partial charge in [-0.25, -0.2) is 9.78 Å². The molecule has 0 radical (unpaired) electrons. The number of urea groups is 1. The lowest BCUT2D eigenvalue weighted by Crippen LogP contribution is -2.19. The van der Waals surface area contributed by atoms with E-state index in [9.17, 15) is 4.79 Å². The first-order chi connectivity index (χ1) is 12.2. The van der Waals surface area contributed by atoms with Crippen molar-refractivity contribution in [1.29, 1.82) is 0 Å². The van der Waals surface area contributed by atoms with Crippen molar-refractivity contribution in [3.63, 3.8) is 0 Å². The van der Waals surface area contributed by atoms with Crippen LogP contribution in [0.4, 0.5) is 16.2 Å². The fraction of sp³-hybridized carbons (Fsp3) is 0.235. The molecule has 0 aliphatic heterocycles. The molecule has 0 fully saturated rings. The maximum absolute atomic E-state index is 12.2. The lowest BCUT2D eigenvalue weighted by molar-refractivity contribution is 0.183. The molecule has 0 aliphatic carbocycles. The molecular weight excluding hydrogens is 320 g/mol. The summed E-state index contributed by atoms with van der Waals surface area (Å²) in [6.07, 6.45) is 6.97. The number of hydrogen-bond acceptors (Lipinski definition) is 4. The largest absolute Gasteiger partial charge is 0.383 e. The number of benzene rings is 1. The monoisotopic (exact) mass is 340 g/mol. The molecule has 3 aromatic rings. The van der Waals surface area contributed by atoms with Crippen molar-refractivity contribution in [1.82, 2.24) is 19.3 Å². The summed E-state index contributed by atoms with van der Waals surface area (Å²) in [5.74, 6) is 0.837. The van der Waals surface area contributed by atoms with E-state index < -0.39 is 0 Å². The van der Waals surface area contributed by atoms with Gasteiger partial charge in [-0.1, -0.05) is 12.1 Å². The van der Waals surface area contributed by atoms with Crippen molar-refractivity contribution in [3.05, 3.63) is 49.1 Å². The number of aromatic nitrogens is 4. The normalized spacial score (nSPS) is 10.6. The van der Waals surface area contributed by atoms with Crippen LogP contribution >= 0.6 is 0 Å². The fourth-order valence-corrected chi connectivity index (χ4v) is 2.41. The van der Waals surface area contributed by atoms with Crippen LogP contribution in [0.1, 0.15) is 0 Å². The summed E-state index contributed by atoms with van der Waals surface area (Å²) in [7, 11) is 3.56. The second kappa shape index (κ2) is 7.63. The highest BCUT2D eigenvalue weighted by molar-refractivity contribution is 5.99. The Balaban J connectivity index is 1.63. The van der Waals surface area contributed by atoms with Crippen LogP contribution < -0.4 is 10.6 Å². The van der Waals surface area contributed by atoms with Crippen LogP contribution in [0.25, 0.3) is 11.4 Å². The quantitative estimate of drug-likeness (QED) is 0.722. The minimum atomic E-state index is -0.330. The van der Waals surface area contributed by atoms with Gasteiger partial charge >= 0.3 is 6.03 Å². The maximum Gasteiger partial charge on any atom is 0.323 e. The first-order valence-corrected chi connectivity index (χ1v) is 7.83. The van der Waals surface area contributed by atoms with Crippen LogP contribution in [0.5, 0.6) is 0 Å². The number of amides is 2. The summed E-state index contributed by atoms with van der Waals surface area (Å²) in [6.45, 7) is 1.19. The minimum Gasteiger partial charge on any atom is -0.383 e. The number of carbonyl (C=O) groups excluding carboxylic acids is 1. The Morgan fingerprint density at radius 2 is 2.12 bits per heavy atom. The van der Waals surface area contributed by atoms with Gasteiger partial charge in [-0.2, -0.15) is 5.10 Å². The molecule has 1 aromatic carbocycles. The summed E-state index contributed by atoms with van der Waals surface area (Å²) in [4.78, 5) is 16.5. The molecule has 130 valence electrons. The van der Waals surface area contributed by atoms with Crippen molar-refractivity contribution < 1.29 is 9.53 Å². The third kappa shape index (κ3) is 4.24. The summed E-state index contributed by atoms with van der Waals surface area (Å²) in [5.41, 5.74) is 2.23. The smallest absolute Gasteiger partial charge is 0.323 e. The molecule has 2 heterocycles. The van der Waals surface area contributed by atoms with Gasteiger partial charge in [-0.05, 0) is 12.1 Å². The first-order valence-electron chi connectivity index (χ1n) is 7.83. The van der Waals surface area contributed by atoms with Gasteiger partial charge in [0.2, 0.25) is 0 Å². The van der Waals surface area contributed by atoms with Crippen LogP contribution in [0, 0.1) is 0 Å². The van der Waals surface area contributed by atoms with E-state index in [2.05, 4.69) is 20.7 Å². The number of anilines is 2. The highest BCUT2D eigenvalue weighted by Gasteiger charge is 2.08. The van der Waals surface area contributed by atoms with Crippen LogP contribution in [-0.4, -0.2) is 39.1 Å². The van der Waals surface area contributed by atoms with Crippen molar-refractivity contribution in [2.24, 2.45) is 7.05 Å². The summed E-state index contributed by atoms with van der Waals surface area (Å²) < 4.78 is 8.63. The Morgan fingerprint density at radius 1 is 1.28 bits per heavy atom. The third-order valence-electron chi connectivity index (χ3n) is 3.62. The second-order valence-electron chi connectivity index (χ2n) is 5.51. The van der Waals surface area contributed by atoms with Gasteiger partial charge in [0, 0.05) is 44.0 Å². The average Bonchev–Trinajstić information content (AvgIpc) is 3.22. The van der Waals surface area contributed by atoms with Crippen molar-refractivity contribution in [2.75, 3.05) is 24.4 Å². The highest BCUT2D eigenvalue weighted by atomic mass is 16.5. The average molecular weight is 340 g/mol. The molecule has 0 atom stereocenters. The zero-order chi connectivity index (χ0) is 17.6. The summed E-state index contributed by atoms with van der Waals surface area (Å²) >= 11 is 0. The Hall–Kier alpha value is -3.13. The van der Waals surface area contributed by atoms with Gasteiger partial charge in [0.1, 0.15) is 5.82 Å². The Kier molecular flexibility index (Phi) is 5.10. The molecule has 0 bridgehead atoms. The molecule has 3 rings (SSSR count). The molecule has 8 heteroatoms. The van der Waals surface area contributed by atoms with Gasteiger partial charge in [-0.15, -0.1) is 0 Å². The van der Waals surface area contributed by atoms with E-state index in [4.69, 9.17) is 4.74 Å². The molecule has 0 spiro atoms. The Labute approximate surface area is 145 Å². The molecular formula is C17H20N6O2. The zero-order valence-electron chi connectivity index (χ0n) is 14.1. The lowest BCUT2D eigenvalue weighted by atomic mass is 10.2. The van der Waals surface area contributed by atoms with Crippen LogP contribution in [0.3, 0.4) is 0 Å². The molecule has 2 amide bonds. The van der Waals surface area contributed by atoms with Crippen LogP contribution in [0.2, 0.25) is 0 Å². The molecule has 2 aromatic heterocycles. The van der Waals surface area contributed by atoms with Gasteiger partial charge in [0.25, 0.3) is 0 Å². The van der Waals surface area contributed by atoms with Gasteiger partial charge in [0.15, 0.2) is 0 Å². The summed E-state index contributed by atoms with van der Waals surface area (Å²) in [5, 5.41) is 9.73. The highest BCUT2D eigenvalue weighted by Crippen LogP contribution is 2.20. The van der Waals surface area contributed by atoms with Gasteiger partial charge in [0.05, 0.1) is 25.0 Å². The van der Waals surface area contributed by atoms with E-state index in [1.807, 2.05) is 42.1 Å². The van der Waals surface area contributed by atoms with E-state index in [0.29, 0.717) is 24.5 Å². The number of carbonyl (C=O) groups is 1. The Bertz CT molecular complexity index is 854. The number of nitrogens with zero attached hydrogens (tertiary/aromatic N) is 4. The first kappa shape index (κ1) is 16.7. The zero-order valence-corrected chi connectivity index (χ0v) is 14.1. The topological polar surface area (TPSA) is 86.0 Å². The van der Waals surface area contributed by atoms with Crippen LogP contribution in [0.15, 0.2) is 49.1 Å². The van der Waals surface area contributed by atoms with Crippen molar-refractivity contribution in [3.8, 4) is 11.4 Å². The van der Waals surface area contributed by atoms with Gasteiger partial charge < -0.3 is 19.9 Å². The summed E-state index contributed by atoms with van der Waals surface area (Å²) in [6, 6.07) is 7.20.